The molecule has 0 saturated carbocycles. The Balaban J connectivity index is 2.22. The zero-order chi connectivity index (χ0) is 10.3. The van der Waals surface area contributed by atoms with E-state index < -0.39 is 0 Å². The van der Waals surface area contributed by atoms with Crippen LogP contribution in [0.1, 0.15) is 0 Å². The van der Waals surface area contributed by atoms with Crippen LogP contribution in [-0.2, 0) is 0 Å². The van der Waals surface area contributed by atoms with Gasteiger partial charge in [-0.15, -0.1) is 11.3 Å². The zero-order valence-corrected chi connectivity index (χ0v) is 9.22. The molecule has 0 amide bonds. The third-order valence-electron chi connectivity index (χ3n) is 2.07. The molecule has 3 rings (SSSR count). The van der Waals surface area contributed by atoms with E-state index >= 15 is 0 Å². The van der Waals surface area contributed by atoms with Gasteiger partial charge in [0.2, 0.25) is 6.20 Å². The number of aromatic nitrogens is 2. The van der Waals surface area contributed by atoms with Crippen molar-refractivity contribution in [3.63, 3.8) is 0 Å². The summed E-state index contributed by atoms with van der Waals surface area (Å²) in [5.41, 5.74) is 1.89. The molecule has 74 valence electrons. The molecule has 3 aromatic heterocycles. The van der Waals surface area contributed by atoms with Gasteiger partial charge in [0, 0.05) is 17.0 Å². The molecule has 0 aromatic carbocycles. The van der Waals surface area contributed by atoms with Crippen LogP contribution in [0.5, 0.6) is 0 Å². The Kier molecular flexibility index (Phi) is 1.93. The summed E-state index contributed by atoms with van der Waals surface area (Å²) < 4.78 is 1.82. The molecule has 0 spiro atoms. The predicted octanol–water partition coefficient (Wildman–Crippen LogP) is 2.66. The molecule has 0 aliphatic carbocycles. The highest BCUT2D eigenvalue weighted by Gasteiger charge is 2.08. The molecule has 0 aliphatic rings. The van der Waals surface area contributed by atoms with Gasteiger partial charge in [-0.25, -0.2) is 4.98 Å². The van der Waals surface area contributed by atoms with Gasteiger partial charge in [-0.2, -0.15) is 16.1 Å². The molecular formula is C10H6N2OS2. The lowest BCUT2D eigenvalue weighted by atomic mass is 10.4. The third-order valence-corrected chi connectivity index (χ3v) is 3.84. The molecular weight excluding hydrogens is 228 g/mol. The van der Waals surface area contributed by atoms with E-state index in [2.05, 4.69) is 10.4 Å². The maximum Gasteiger partial charge on any atom is 0.207 e. The number of nitrogens with zero attached hydrogens (tertiary/aromatic N) is 2. The van der Waals surface area contributed by atoms with Gasteiger partial charge in [0.25, 0.3) is 0 Å². The number of thiazole rings is 1. The number of pyridine rings is 1. The molecule has 3 heterocycles. The molecule has 0 atom stereocenters. The van der Waals surface area contributed by atoms with E-state index in [9.17, 15) is 5.21 Å². The van der Waals surface area contributed by atoms with E-state index in [4.69, 9.17) is 0 Å². The minimum Gasteiger partial charge on any atom is -0.619 e. The molecule has 0 aliphatic heterocycles. The van der Waals surface area contributed by atoms with Crippen LogP contribution in [0.3, 0.4) is 0 Å². The van der Waals surface area contributed by atoms with Gasteiger partial charge >= 0.3 is 0 Å². The van der Waals surface area contributed by atoms with Crippen LogP contribution in [0, 0.1) is 5.21 Å². The molecule has 0 saturated heterocycles. The summed E-state index contributed by atoms with van der Waals surface area (Å²) in [6.07, 6.45) is 3.00. The van der Waals surface area contributed by atoms with Gasteiger partial charge in [-0.1, -0.05) is 0 Å². The highest BCUT2D eigenvalue weighted by Crippen LogP contribution is 2.30. The van der Waals surface area contributed by atoms with Gasteiger partial charge in [0.15, 0.2) is 6.20 Å². The lowest BCUT2D eigenvalue weighted by molar-refractivity contribution is -0.603. The first kappa shape index (κ1) is 8.82. The van der Waals surface area contributed by atoms with Crippen molar-refractivity contribution in [3.8, 4) is 10.6 Å². The van der Waals surface area contributed by atoms with Crippen molar-refractivity contribution in [3.05, 3.63) is 40.5 Å². The van der Waals surface area contributed by atoms with Crippen molar-refractivity contribution in [1.82, 2.24) is 4.98 Å². The Morgan fingerprint density at radius 2 is 2.27 bits per heavy atom. The number of hydrogen-bond acceptors (Lipinski definition) is 4. The second-order valence-corrected chi connectivity index (χ2v) is 4.90. The number of hydrogen-bond donors (Lipinski definition) is 0. The summed E-state index contributed by atoms with van der Waals surface area (Å²) in [5.74, 6) is 0. The lowest BCUT2D eigenvalue weighted by Crippen LogP contribution is -2.23. The second kappa shape index (κ2) is 3.29. The first-order chi connectivity index (χ1) is 7.33. The highest BCUT2D eigenvalue weighted by molar-refractivity contribution is 7.21. The third kappa shape index (κ3) is 1.49. The first-order valence-electron chi connectivity index (χ1n) is 4.35. The fraction of sp³-hybridized carbons (Fsp3) is 0. The van der Waals surface area contributed by atoms with Gasteiger partial charge in [0.1, 0.15) is 10.5 Å². The fourth-order valence-corrected chi connectivity index (χ4v) is 3.01. The number of thiophene rings is 1. The summed E-state index contributed by atoms with van der Waals surface area (Å²) in [6.45, 7) is 0. The van der Waals surface area contributed by atoms with Crippen molar-refractivity contribution in [2.75, 3.05) is 0 Å². The lowest BCUT2D eigenvalue weighted by Gasteiger charge is -1.91. The molecule has 0 unspecified atom stereocenters. The Hall–Kier alpha value is -1.46. The maximum atomic E-state index is 11.1. The Bertz CT molecular complexity index is 601. The Labute approximate surface area is 93.8 Å². The van der Waals surface area contributed by atoms with Crippen LogP contribution in [-0.4, -0.2) is 4.98 Å². The molecule has 5 heteroatoms. The maximum absolute atomic E-state index is 11.1. The normalized spacial score (nSPS) is 10.9. The predicted molar refractivity (Wildman–Crippen MR) is 61.9 cm³/mol. The van der Waals surface area contributed by atoms with E-state index in [1.807, 2.05) is 11.4 Å². The number of fused-ring (bicyclic) bond motifs is 1. The van der Waals surface area contributed by atoms with Gasteiger partial charge in [-0.3, -0.25) is 0 Å². The topological polar surface area (TPSA) is 39.8 Å². The molecule has 0 fully saturated rings. The minimum atomic E-state index is 0.763. The molecule has 15 heavy (non-hydrogen) atoms. The summed E-state index contributed by atoms with van der Waals surface area (Å²) in [5, 5.41) is 16.1. The van der Waals surface area contributed by atoms with Crippen LogP contribution < -0.4 is 4.73 Å². The van der Waals surface area contributed by atoms with E-state index in [0.29, 0.717) is 0 Å². The monoisotopic (exact) mass is 234 g/mol. The van der Waals surface area contributed by atoms with Crippen LogP contribution in [0.2, 0.25) is 0 Å². The van der Waals surface area contributed by atoms with E-state index in [-0.39, 0.29) is 0 Å². The fourth-order valence-electron chi connectivity index (χ4n) is 1.37. The van der Waals surface area contributed by atoms with Crippen molar-refractivity contribution in [1.29, 1.82) is 0 Å². The zero-order valence-electron chi connectivity index (χ0n) is 7.58. The van der Waals surface area contributed by atoms with Crippen LogP contribution in [0.25, 0.3) is 20.8 Å². The molecule has 0 N–H and O–H groups in total. The average molecular weight is 234 g/mol. The molecule has 3 aromatic rings. The van der Waals surface area contributed by atoms with Crippen LogP contribution in [0.4, 0.5) is 0 Å². The summed E-state index contributed by atoms with van der Waals surface area (Å²) in [6, 6.07) is 3.84. The highest BCUT2D eigenvalue weighted by atomic mass is 32.1. The van der Waals surface area contributed by atoms with Gasteiger partial charge in [0.05, 0.1) is 4.70 Å². The van der Waals surface area contributed by atoms with Crippen molar-refractivity contribution < 1.29 is 4.73 Å². The van der Waals surface area contributed by atoms with Crippen molar-refractivity contribution >= 4 is 32.9 Å². The SMILES string of the molecule is [O-][n+]1ccc2sc(-c3ccsc3)nc2c1. The minimum absolute atomic E-state index is 0.763. The van der Waals surface area contributed by atoms with Crippen molar-refractivity contribution in [2.24, 2.45) is 0 Å². The Morgan fingerprint density at radius 1 is 1.33 bits per heavy atom. The van der Waals surface area contributed by atoms with E-state index in [1.165, 1.54) is 12.4 Å². The quantitative estimate of drug-likeness (QED) is 0.479. The first-order valence-corrected chi connectivity index (χ1v) is 6.11. The number of rotatable bonds is 1. The van der Waals surface area contributed by atoms with Gasteiger partial charge in [-0.05, 0) is 11.4 Å². The van der Waals surface area contributed by atoms with Crippen molar-refractivity contribution in [2.45, 2.75) is 0 Å². The second-order valence-electron chi connectivity index (χ2n) is 3.09. The van der Waals surface area contributed by atoms with E-state index in [0.717, 1.165) is 25.5 Å². The largest absolute Gasteiger partial charge is 0.619 e. The molecule has 3 nitrogen and oxygen atoms in total. The smallest absolute Gasteiger partial charge is 0.207 e. The standard InChI is InChI=1S/C10H6N2OS2/c13-12-3-1-9-8(5-12)11-10(15-9)7-2-4-14-6-7/h1-6H. The molecule has 0 radical (unpaired) electrons. The summed E-state index contributed by atoms with van der Waals surface area (Å²) in [7, 11) is 0. The molecule has 0 bridgehead atoms. The van der Waals surface area contributed by atoms with E-state index in [1.54, 1.807) is 28.7 Å². The Morgan fingerprint density at radius 3 is 3.07 bits per heavy atom. The average Bonchev–Trinajstić information content (AvgIpc) is 2.84. The van der Waals surface area contributed by atoms with Gasteiger partial charge < -0.3 is 5.21 Å². The summed E-state index contributed by atoms with van der Waals surface area (Å²) in [4.78, 5) is 4.42. The van der Waals surface area contributed by atoms with Crippen LogP contribution >= 0.6 is 22.7 Å². The van der Waals surface area contributed by atoms with Crippen LogP contribution in [0.15, 0.2) is 35.3 Å². The summed E-state index contributed by atoms with van der Waals surface area (Å²) >= 11 is 3.25.